The van der Waals surface area contributed by atoms with Crippen LogP contribution in [-0.4, -0.2) is 6.54 Å². The largest absolute Gasteiger partial charge is 0.310 e. The van der Waals surface area contributed by atoms with Gasteiger partial charge < -0.3 is 5.32 Å². The maximum Gasteiger partial charge on any atom is 0.0454 e. The van der Waals surface area contributed by atoms with Gasteiger partial charge in [0.25, 0.3) is 0 Å². The lowest BCUT2D eigenvalue weighted by Crippen LogP contribution is -2.34. The molecule has 1 saturated carbocycles. The lowest BCUT2D eigenvalue weighted by atomic mass is 9.72. The van der Waals surface area contributed by atoms with Crippen LogP contribution in [0.1, 0.15) is 58.1 Å². The standard InChI is InChI=1S/C18H27BrClN/c1-4-9-21-18(14-6-5-12(2)13(3)10-14)16-11-15(19)7-8-17(16)20/h7-8,11-14,18,21H,4-6,9-10H2,1-3H3. The first-order valence-electron chi connectivity index (χ1n) is 8.21. The number of halogens is 2. The Morgan fingerprint density at radius 1 is 1.29 bits per heavy atom. The Hall–Kier alpha value is -0.0500. The first-order chi connectivity index (χ1) is 10.0. The summed E-state index contributed by atoms with van der Waals surface area (Å²) < 4.78 is 1.11. The third-order valence-electron chi connectivity index (χ3n) is 5.02. The lowest BCUT2D eigenvalue weighted by Gasteiger charge is -2.37. The van der Waals surface area contributed by atoms with Crippen LogP contribution in [0.15, 0.2) is 22.7 Å². The van der Waals surface area contributed by atoms with Crippen molar-refractivity contribution in [1.29, 1.82) is 0 Å². The average Bonchev–Trinajstić information content (AvgIpc) is 2.46. The van der Waals surface area contributed by atoms with Crippen molar-refractivity contribution in [2.75, 3.05) is 6.54 Å². The van der Waals surface area contributed by atoms with Crippen LogP contribution in [0.2, 0.25) is 5.02 Å². The van der Waals surface area contributed by atoms with Gasteiger partial charge in [0, 0.05) is 15.5 Å². The SMILES string of the molecule is CCCNC(c1cc(Br)ccc1Cl)C1CCC(C)C(C)C1. The maximum absolute atomic E-state index is 6.49. The van der Waals surface area contributed by atoms with Gasteiger partial charge in [-0.15, -0.1) is 0 Å². The zero-order valence-electron chi connectivity index (χ0n) is 13.3. The summed E-state index contributed by atoms with van der Waals surface area (Å²) in [6, 6.07) is 6.60. The van der Waals surface area contributed by atoms with Crippen molar-refractivity contribution in [2.45, 2.75) is 52.5 Å². The molecule has 21 heavy (non-hydrogen) atoms. The summed E-state index contributed by atoms with van der Waals surface area (Å²) in [4.78, 5) is 0. The van der Waals surface area contributed by atoms with E-state index in [1.54, 1.807) is 0 Å². The quantitative estimate of drug-likeness (QED) is 0.647. The fraction of sp³-hybridized carbons (Fsp3) is 0.667. The van der Waals surface area contributed by atoms with Crippen LogP contribution in [-0.2, 0) is 0 Å². The average molecular weight is 373 g/mol. The molecule has 1 N–H and O–H groups in total. The van der Waals surface area contributed by atoms with Gasteiger partial charge in [-0.25, -0.2) is 0 Å². The second-order valence-electron chi connectivity index (χ2n) is 6.63. The van der Waals surface area contributed by atoms with E-state index in [1.807, 2.05) is 12.1 Å². The second kappa shape index (κ2) is 7.99. The molecule has 4 unspecified atom stereocenters. The molecule has 1 aromatic rings. The van der Waals surface area contributed by atoms with Gasteiger partial charge in [0.05, 0.1) is 0 Å². The maximum atomic E-state index is 6.49. The number of hydrogen-bond acceptors (Lipinski definition) is 1. The molecule has 0 bridgehead atoms. The molecule has 0 heterocycles. The molecule has 0 saturated heterocycles. The summed E-state index contributed by atoms with van der Waals surface area (Å²) >= 11 is 10.1. The molecule has 1 fully saturated rings. The fourth-order valence-corrected chi connectivity index (χ4v) is 4.09. The van der Waals surface area contributed by atoms with Crippen molar-refractivity contribution in [3.63, 3.8) is 0 Å². The van der Waals surface area contributed by atoms with E-state index >= 15 is 0 Å². The molecular formula is C18H27BrClN. The van der Waals surface area contributed by atoms with E-state index in [0.717, 1.165) is 34.3 Å². The Morgan fingerprint density at radius 3 is 2.71 bits per heavy atom. The summed E-state index contributed by atoms with van der Waals surface area (Å²) in [5.41, 5.74) is 1.26. The highest BCUT2D eigenvalue weighted by atomic mass is 79.9. The fourth-order valence-electron chi connectivity index (χ4n) is 3.48. The molecule has 4 atom stereocenters. The predicted octanol–water partition coefficient (Wildman–Crippen LogP) is 6.22. The van der Waals surface area contributed by atoms with Gasteiger partial charge in [-0.1, -0.05) is 54.7 Å². The molecule has 1 aromatic carbocycles. The van der Waals surface area contributed by atoms with Crippen molar-refractivity contribution < 1.29 is 0 Å². The first kappa shape index (κ1) is 17.3. The van der Waals surface area contributed by atoms with Crippen LogP contribution in [0.3, 0.4) is 0 Å². The Kier molecular flexibility index (Phi) is 6.58. The van der Waals surface area contributed by atoms with Crippen molar-refractivity contribution in [1.82, 2.24) is 5.32 Å². The van der Waals surface area contributed by atoms with Crippen LogP contribution < -0.4 is 5.32 Å². The van der Waals surface area contributed by atoms with Crippen LogP contribution in [0.5, 0.6) is 0 Å². The molecule has 0 amide bonds. The number of rotatable bonds is 5. The van der Waals surface area contributed by atoms with Gasteiger partial charge in [-0.2, -0.15) is 0 Å². The van der Waals surface area contributed by atoms with Crippen LogP contribution in [0.4, 0.5) is 0 Å². The molecule has 118 valence electrons. The predicted molar refractivity (Wildman–Crippen MR) is 95.9 cm³/mol. The van der Waals surface area contributed by atoms with E-state index in [-0.39, 0.29) is 0 Å². The van der Waals surface area contributed by atoms with E-state index in [9.17, 15) is 0 Å². The first-order valence-corrected chi connectivity index (χ1v) is 9.38. The minimum absolute atomic E-state index is 0.380. The Balaban J connectivity index is 2.23. The Morgan fingerprint density at radius 2 is 2.05 bits per heavy atom. The third kappa shape index (κ3) is 4.46. The van der Waals surface area contributed by atoms with Gasteiger partial charge in [-0.05, 0) is 67.3 Å². The van der Waals surface area contributed by atoms with E-state index < -0.39 is 0 Å². The van der Waals surface area contributed by atoms with E-state index in [4.69, 9.17) is 11.6 Å². The molecule has 2 rings (SSSR count). The highest BCUT2D eigenvalue weighted by molar-refractivity contribution is 9.10. The minimum Gasteiger partial charge on any atom is -0.310 e. The summed E-state index contributed by atoms with van der Waals surface area (Å²) in [7, 11) is 0. The molecular weight excluding hydrogens is 346 g/mol. The van der Waals surface area contributed by atoms with Crippen LogP contribution in [0, 0.1) is 17.8 Å². The smallest absolute Gasteiger partial charge is 0.0454 e. The molecule has 0 radical (unpaired) electrons. The van der Waals surface area contributed by atoms with Gasteiger partial charge in [0.15, 0.2) is 0 Å². The van der Waals surface area contributed by atoms with E-state index in [2.05, 4.69) is 48.1 Å². The minimum atomic E-state index is 0.380. The Labute approximate surface area is 143 Å². The molecule has 0 aliphatic heterocycles. The van der Waals surface area contributed by atoms with Gasteiger partial charge in [0.2, 0.25) is 0 Å². The second-order valence-corrected chi connectivity index (χ2v) is 7.95. The van der Waals surface area contributed by atoms with Gasteiger partial charge in [0.1, 0.15) is 0 Å². The third-order valence-corrected chi connectivity index (χ3v) is 5.85. The molecule has 3 heteroatoms. The zero-order chi connectivity index (χ0) is 15.4. The van der Waals surface area contributed by atoms with Crippen molar-refractivity contribution in [2.24, 2.45) is 17.8 Å². The monoisotopic (exact) mass is 371 g/mol. The zero-order valence-corrected chi connectivity index (χ0v) is 15.7. The van der Waals surface area contributed by atoms with Crippen molar-refractivity contribution in [3.8, 4) is 0 Å². The summed E-state index contributed by atoms with van der Waals surface area (Å²) in [6.45, 7) is 8.06. The summed E-state index contributed by atoms with van der Waals surface area (Å²) in [5, 5.41) is 4.64. The molecule has 1 aliphatic rings. The van der Waals surface area contributed by atoms with Crippen LogP contribution in [0.25, 0.3) is 0 Å². The number of benzene rings is 1. The summed E-state index contributed by atoms with van der Waals surface area (Å²) in [6.07, 6.45) is 5.09. The molecule has 0 aromatic heterocycles. The highest BCUT2D eigenvalue weighted by Crippen LogP contribution is 2.41. The van der Waals surface area contributed by atoms with Gasteiger partial charge >= 0.3 is 0 Å². The summed E-state index contributed by atoms with van der Waals surface area (Å²) in [5.74, 6) is 2.35. The van der Waals surface area contributed by atoms with E-state index in [1.165, 1.54) is 24.8 Å². The van der Waals surface area contributed by atoms with Crippen molar-refractivity contribution in [3.05, 3.63) is 33.3 Å². The van der Waals surface area contributed by atoms with E-state index in [0.29, 0.717) is 12.0 Å². The lowest BCUT2D eigenvalue weighted by molar-refractivity contribution is 0.171. The topological polar surface area (TPSA) is 12.0 Å². The highest BCUT2D eigenvalue weighted by Gasteiger charge is 2.31. The molecule has 0 spiro atoms. The molecule has 1 nitrogen and oxygen atoms in total. The Bertz CT molecular complexity index is 463. The van der Waals surface area contributed by atoms with Crippen LogP contribution >= 0.6 is 27.5 Å². The van der Waals surface area contributed by atoms with Crippen molar-refractivity contribution >= 4 is 27.5 Å². The normalized spacial score (nSPS) is 27.6. The number of hydrogen-bond donors (Lipinski definition) is 1. The molecule has 1 aliphatic carbocycles. The number of nitrogens with one attached hydrogen (secondary N) is 1. The van der Waals surface area contributed by atoms with Gasteiger partial charge in [-0.3, -0.25) is 0 Å².